The predicted octanol–water partition coefficient (Wildman–Crippen LogP) is 0.566. The van der Waals surface area contributed by atoms with Gasteiger partial charge in [0.05, 0.1) is 6.10 Å². The molecule has 0 atom stereocenters. The Morgan fingerprint density at radius 3 is 3.07 bits per heavy atom. The number of aliphatic hydroxyl groups is 1. The van der Waals surface area contributed by atoms with Crippen LogP contribution >= 0.6 is 0 Å². The zero-order valence-corrected chi connectivity index (χ0v) is 8.35. The lowest BCUT2D eigenvalue weighted by Gasteiger charge is -2.32. The van der Waals surface area contributed by atoms with Crippen LogP contribution in [0, 0.1) is 11.3 Å². The van der Waals surface area contributed by atoms with E-state index in [1.807, 2.05) is 12.1 Å². The van der Waals surface area contributed by atoms with E-state index in [0.717, 1.165) is 18.4 Å². The predicted molar refractivity (Wildman–Crippen MR) is 54.8 cm³/mol. The van der Waals surface area contributed by atoms with Crippen LogP contribution in [0.3, 0.4) is 0 Å². The third-order valence-electron chi connectivity index (χ3n) is 2.69. The van der Waals surface area contributed by atoms with Gasteiger partial charge in [-0.05, 0) is 18.9 Å². The molecule has 15 heavy (non-hydrogen) atoms. The summed E-state index contributed by atoms with van der Waals surface area (Å²) in [5.74, 6) is 0. The van der Waals surface area contributed by atoms with E-state index in [1.165, 1.54) is 0 Å². The van der Waals surface area contributed by atoms with Crippen molar-refractivity contribution in [1.29, 1.82) is 5.26 Å². The molecule has 0 unspecified atom stereocenters. The first-order valence-corrected chi connectivity index (χ1v) is 5.05. The fourth-order valence-corrected chi connectivity index (χ4v) is 1.69. The third kappa shape index (κ3) is 2.32. The van der Waals surface area contributed by atoms with Gasteiger partial charge < -0.3 is 10.4 Å². The standard InChI is InChI=1S/C11H13N3O/c12-6-11-8(2-1-3-13-11)7-14-9-4-10(15)5-9/h1-3,9-10,14-15H,4-5,7H2. The number of rotatable bonds is 3. The van der Waals surface area contributed by atoms with Gasteiger partial charge in [0, 0.05) is 24.3 Å². The first kappa shape index (κ1) is 10.1. The lowest BCUT2D eigenvalue weighted by atomic mass is 9.89. The van der Waals surface area contributed by atoms with Crippen molar-refractivity contribution in [2.24, 2.45) is 0 Å². The Labute approximate surface area is 88.6 Å². The first-order valence-electron chi connectivity index (χ1n) is 5.05. The molecule has 1 aromatic heterocycles. The van der Waals surface area contributed by atoms with E-state index in [1.54, 1.807) is 6.20 Å². The summed E-state index contributed by atoms with van der Waals surface area (Å²) in [5, 5.41) is 21.2. The average molecular weight is 203 g/mol. The van der Waals surface area contributed by atoms with Crippen LogP contribution in [-0.2, 0) is 6.54 Å². The molecule has 0 bridgehead atoms. The molecule has 0 aromatic carbocycles. The molecule has 78 valence electrons. The van der Waals surface area contributed by atoms with Gasteiger partial charge >= 0.3 is 0 Å². The van der Waals surface area contributed by atoms with Crippen molar-refractivity contribution < 1.29 is 5.11 Å². The van der Waals surface area contributed by atoms with Gasteiger partial charge in [-0.2, -0.15) is 5.26 Å². The normalized spacial score (nSPS) is 24.3. The minimum absolute atomic E-state index is 0.146. The second-order valence-electron chi connectivity index (χ2n) is 3.83. The van der Waals surface area contributed by atoms with E-state index < -0.39 is 0 Å². The molecule has 0 radical (unpaired) electrons. The molecule has 1 heterocycles. The van der Waals surface area contributed by atoms with Crippen LogP contribution in [0.2, 0.25) is 0 Å². The summed E-state index contributed by atoms with van der Waals surface area (Å²) < 4.78 is 0. The molecule has 1 aliphatic carbocycles. The number of aliphatic hydroxyl groups excluding tert-OH is 1. The molecule has 0 saturated heterocycles. The summed E-state index contributed by atoms with van der Waals surface area (Å²) in [6, 6.07) is 6.17. The van der Waals surface area contributed by atoms with Crippen LogP contribution in [0.4, 0.5) is 0 Å². The number of aromatic nitrogens is 1. The van der Waals surface area contributed by atoms with Gasteiger partial charge in [-0.15, -0.1) is 0 Å². The van der Waals surface area contributed by atoms with Crippen LogP contribution < -0.4 is 5.32 Å². The zero-order valence-electron chi connectivity index (χ0n) is 8.35. The molecule has 1 fully saturated rings. The van der Waals surface area contributed by atoms with E-state index in [0.29, 0.717) is 18.3 Å². The monoisotopic (exact) mass is 203 g/mol. The largest absolute Gasteiger partial charge is 0.393 e. The zero-order chi connectivity index (χ0) is 10.7. The number of nitrogens with zero attached hydrogens (tertiary/aromatic N) is 2. The first-order chi connectivity index (χ1) is 7.29. The minimum Gasteiger partial charge on any atom is -0.393 e. The van der Waals surface area contributed by atoms with E-state index >= 15 is 0 Å². The summed E-state index contributed by atoms with van der Waals surface area (Å²) in [6.07, 6.45) is 3.09. The van der Waals surface area contributed by atoms with Gasteiger partial charge in [0.25, 0.3) is 0 Å². The molecule has 2 N–H and O–H groups in total. The molecule has 1 aliphatic rings. The summed E-state index contributed by atoms with van der Waals surface area (Å²) in [6.45, 7) is 0.647. The van der Waals surface area contributed by atoms with Gasteiger partial charge in [0.2, 0.25) is 0 Å². The Balaban J connectivity index is 1.91. The highest BCUT2D eigenvalue weighted by Crippen LogP contribution is 2.19. The summed E-state index contributed by atoms with van der Waals surface area (Å²) in [7, 11) is 0. The second-order valence-corrected chi connectivity index (χ2v) is 3.83. The quantitative estimate of drug-likeness (QED) is 0.753. The number of nitrogens with one attached hydrogen (secondary N) is 1. The average Bonchev–Trinajstić information content (AvgIpc) is 2.23. The van der Waals surface area contributed by atoms with Crippen LogP contribution in [0.1, 0.15) is 24.1 Å². The molecule has 0 aliphatic heterocycles. The number of hydrogen-bond donors (Lipinski definition) is 2. The maximum atomic E-state index is 9.11. The Morgan fingerprint density at radius 2 is 2.40 bits per heavy atom. The topological polar surface area (TPSA) is 68.9 Å². The Hall–Kier alpha value is -1.44. The van der Waals surface area contributed by atoms with Crippen molar-refractivity contribution in [3.63, 3.8) is 0 Å². The van der Waals surface area contributed by atoms with Crippen molar-refractivity contribution in [2.45, 2.75) is 31.5 Å². The number of pyridine rings is 1. The van der Waals surface area contributed by atoms with Gasteiger partial charge in [0.1, 0.15) is 11.8 Å². The summed E-state index contributed by atoms with van der Waals surface area (Å²) >= 11 is 0. The lowest BCUT2D eigenvalue weighted by Crippen LogP contribution is -2.43. The highest BCUT2D eigenvalue weighted by Gasteiger charge is 2.26. The molecule has 0 spiro atoms. The fraction of sp³-hybridized carbons (Fsp3) is 0.455. The SMILES string of the molecule is N#Cc1ncccc1CNC1CC(O)C1. The van der Waals surface area contributed by atoms with E-state index in [4.69, 9.17) is 10.4 Å². The second kappa shape index (κ2) is 4.39. The molecule has 4 nitrogen and oxygen atoms in total. The molecule has 4 heteroatoms. The van der Waals surface area contributed by atoms with Crippen LogP contribution in [0.15, 0.2) is 18.3 Å². The number of hydrogen-bond acceptors (Lipinski definition) is 4. The minimum atomic E-state index is -0.146. The maximum Gasteiger partial charge on any atom is 0.144 e. The Morgan fingerprint density at radius 1 is 1.60 bits per heavy atom. The molecule has 2 rings (SSSR count). The van der Waals surface area contributed by atoms with Crippen LogP contribution in [0.25, 0.3) is 0 Å². The maximum absolute atomic E-state index is 9.11. The molecular weight excluding hydrogens is 190 g/mol. The summed E-state index contributed by atoms with van der Waals surface area (Å²) in [5.41, 5.74) is 1.39. The van der Waals surface area contributed by atoms with Crippen LogP contribution in [0.5, 0.6) is 0 Å². The number of nitriles is 1. The van der Waals surface area contributed by atoms with E-state index in [2.05, 4.69) is 16.4 Å². The summed E-state index contributed by atoms with van der Waals surface area (Å²) in [4.78, 5) is 3.98. The van der Waals surface area contributed by atoms with Gasteiger partial charge in [-0.1, -0.05) is 6.07 Å². The van der Waals surface area contributed by atoms with Crippen LogP contribution in [-0.4, -0.2) is 22.2 Å². The van der Waals surface area contributed by atoms with Gasteiger partial charge in [-0.25, -0.2) is 4.98 Å². The van der Waals surface area contributed by atoms with Crippen molar-refractivity contribution in [1.82, 2.24) is 10.3 Å². The van der Waals surface area contributed by atoms with E-state index in [9.17, 15) is 0 Å². The fourth-order valence-electron chi connectivity index (χ4n) is 1.69. The Kier molecular flexibility index (Phi) is 2.95. The van der Waals surface area contributed by atoms with Crippen molar-refractivity contribution in [2.75, 3.05) is 0 Å². The van der Waals surface area contributed by atoms with Gasteiger partial charge in [0.15, 0.2) is 0 Å². The smallest absolute Gasteiger partial charge is 0.144 e. The van der Waals surface area contributed by atoms with Crippen molar-refractivity contribution in [3.8, 4) is 6.07 Å². The molecule has 0 amide bonds. The highest BCUT2D eigenvalue weighted by atomic mass is 16.3. The van der Waals surface area contributed by atoms with Crippen molar-refractivity contribution in [3.05, 3.63) is 29.6 Å². The van der Waals surface area contributed by atoms with Crippen molar-refractivity contribution >= 4 is 0 Å². The third-order valence-corrected chi connectivity index (χ3v) is 2.69. The molecule has 1 saturated carbocycles. The van der Waals surface area contributed by atoms with Gasteiger partial charge in [-0.3, -0.25) is 0 Å². The Bertz CT molecular complexity index is 380. The highest BCUT2D eigenvalue weighted by molar-refractivity contribution is 5.30. The van der Waals surface area contributed by atoms with E-state index in [-0.39, 0.29) is 6.10 Å². The lowest BCUT2D eigenvalue weighted by molar-refractivity contribution is 0.0619. The molecule has 1 aromatic rings. The molecular formula is C11H13N3O.